The largest absolute Gasteiger partial charge is 0.490 e. The first-order chi connectivity index (χ1) is 15.3. The maximum Gasteiger partial charge on any atom is 0.306 e. The van der Waals surface area contributed by atoms with Gasteiger partial charge in [-0.25, -0.2) is 0 Å². The Morgan fingerprint density at radius 2 is 1.81 bits per heavy atom. The third kappa shape index (κ3) is 14.6. The van der Waals surface area contributed by atoms with Gasteiger partial charge in [0.25, 0.3) is 5.09 Å². The van der Waals surface area contributed by atoms with Crippen molar-refractivity contribution in [3.63, 3.8) is 0 Å². The van der Waals surface area contributed by atoms with Crippen LogP contribution in [0.4, 0.5) is 0 Å². The van der Waals surface area contributed by atoms with Crippen molar-refractivity contribution < 1.29 is 33.7 Å². The van der Waals surface area contributed by atoms with Crippen molar-refractivity contribution in [3.05, 3.63) is 39.9 Å². The van der Waals surface area contributed by atoms with E-state index in [1.807, 2.05) is 52.0 Å². The van der Waals surface area contributed by atoms with Crippen LogP contribution in [0.1, 0.15) is 46.1 Å². The molecule has 32 heavy (non-hydrogen) atoms. The zero-order valence-corrected chi connectivity index (χ0v) is 19.4. The van der Waals surface area contributed by atoms with E-state index in [2.05, 4.69) is 10.2 Å². The van der Waals surface area contributed by atoms with E-state index >= 15 is 0 Å². The molecule has 0 fully saturated rings. The van der Waals surface area contributed by atoms with Crippen molar-refractivity contribution in [2.75, 3.05) is 33.0 Å². The molecule has 0 amide bonds. The van der Waals surface area contributed by atoms with E-state index in [9.17, 15) is 14.9 Å². The van der Waals surface area contributed by atoms with Crippen LogP contribution in [0.25, 0.3) is 0 Å². The van der Waals surface area contributed by atoms with Gasteiger partial charge in [-0.1, -0.05) is 26.0 Å². The van der Waals surface area contributed by atoms with Crippen LogP contribution in [0.3, 0.4) is 0 Å². The molecule has 0 aromatic heterocycles. The van der Waals surface area contributed by atoms with Crippen LogP contribution >= 0.6 is 0 Å². The number of esters is 1. The average molecular weight is 457 g/mol. The van der Waals surface area contributed by atoms with Gasteiger partial charge in [0.15, 0.2) is 0 Å². The van der Waals surface area contributed by atoms with Gasteiger partial charge in [0.05, 0.1) is 32.5 Å². The summed E-state index contributed by atoms with van der Waals surface area (Å²) in [6.45, 7) is 9.99. The molecule has 0 spiro atoms. The molecule has 1 atom stereocenters. The van der Waals surface area contributed by atoms with Crippen molar-refractivity contribution in [3.8, 4) is 5.75 Å². The second-order valence-electron chi connectivity index (χ2n) is 7.76. The monoisotopic (exact) mass is 456 g/mol. The third-order valence-electron chi connectivity index (χ3n) is 4.08. The van der Waals surface area contributed by atoms with Gasteiger partial charge in [0.1, 0.15) is 18.5 Å². The summed E-state index contributed by atoms with van der Waals surface area (Å²) < 4.78 is 22.3. The Kier molecular flexibility index (Phi) is 14.0. The second kappa shape index (κ2) is 16.2. The molecular formula is C22H36N2O8. The summed E-state index contributed by atoms with van der Waals surface area (Å²) in [5.41, 5.74) is 1.02. The summed E-state index contributed by atoms with van der Waals surface area (Å²) in [6, 6.07) is 7.73. The summed E-state index contributed by atoms with van der Waals surface area (Å²) >= 11 is 0. The molecule has 10 nitrogen and oxygen atoms in total. The second-order valence-corrected chi connectivity index (χ2v) is 7.76. The predicted molar refractivity (Wildman–Crippen MR) is 118 cm³/mol. The number of ether oxygens (including phenoxy) is 4. The number of hydrogen-bond acceptors (Lipinski definition) is 9. The van der Waals surface area contributed by atoms with Gasteiger partial charge in [-0.15, -0.1) is 10.1 Å². The fraction of sp³-hybridized carbons (Fsp3) is 0.682. The number of hydrogen-bond donors (Lipinski definition) is 1. The van der Waals surface area contributed by atoms with Crippen LogP contribution < -0.4 is 10.1 Å². The minimum atomic E-state index is -0.882. The molecule has 1 unspecified atom stereocenters. The van der Waals surface area contributed by atoms with Crippen LogP contribution in [0.15, 0.2) is 24.3 Å². The zero-order chi connectivity index (χ0) is 23.8. The predicted octanol–water partition coefficient (Wildman–Crippen LogP) is 2.91. The summed E-state index contributed by atoms with van der Waals surface area (Å²) in [5.74, 6) is 0.201. The number of rotatable bonds is 18. The summed E-state index contributed by atoms with van der Waals surface area (Å²) in [4.78, 5) is 26.4. The van der Waals surface area contributed by atoms with Crippen molar-refractivity contribution >= 4 is 5.97 Å². The number of carbonyl (C=O) groups excluding carboxylic acids is 1. The highest BCUT2D eigenvalue weighted by molar-refractivity contribution is 5.69. The Labute approximate surface area is 189 Å². The fourth-order valence-corrected chi connectivity index (χ4v) is 2.51. The highest BCUT2D eigenvalue weighted by atomic mass is 16.9. The lowest BCUT2D eigenvalue weighted by molar-refractivity contribution is -0.757. The molecule has 0 aliphatic rings. The smallest absolute Gasteiger partial charge is 0.306 e. The van der Waals surface area contributed by atoms with Crippen LogP contribution in [-0.2, 0) is 30.4 Å². The SMILES string of the molecule is CC(C)NCC(COc1ccc(COCCOC(C)C)cc1)OC(=O)CCCO[N+](=O)[O-]. The van der Waals surface area contributed by atoms with E-state index in [0.29, 0.717) is 32.1 Å². The molecule has 1 N–H and O–H groups in total. The standard InChI is InChI=1S/C22H36N2O8/c1-17(2)23-14-21(32-22(25)6-5-11-31-24(26)27)16-30-20-9-7-19(8-10-20)15-28-12-13-29-18(3)4/h7-10,17-18,21,23H,5-6,11-16H2,1-4H3. The quantitative estimate of drug-likeness (QED) is 0.154. The molecular weight excluding hydrogens is 420 g/mol. The molecule has 0 radical (unpaired) electrons. The van der Waals surface area contributed by atoms with Crippen LogP contribution in [-0.4, -0.2) is 62.3 Å². The maximum absolute atomic E-state index is 12.0. The van der Waals surface area contributed by atoms with Crippen molar-refractivity contribution in [1.29, 1.82) is 0 Å². The maximum atomic E-state index is 12.0. The van der Waals surface area contributed by atoms with Gasteiger partial charge in [0.2, 0.25) is 0 Å². The van der Waals surface area contributed by atoms with Gasteiger partial charge in [-0.3, -0.25) is 4.79 Å². The van der Waals surface area contributed by atoms with Gasteiger partial charge >= 0.3 is 5.97 Å². The number of nitrogens with one attached hydrogen (secondary N) is 1. The molecule has 0 aliphatic carbocycles. The third-order valence-corrected chi connectivity index (χ3v) is 4.08. The van der Waals surface area contributed by atoms with E-state index in [-0.39, 0.29) is 38.2 Å². The Morgan fingerprint density at radius 1 is 1.09 bits per heavy atom. The highest BCUT2D eigenvalue weighted by Crippen LogP contribution is 2.14. The number of carbonyl (C=O) groups is 1. The minimum Gasteiger partial charge on any atom is -0.490 e. The van der Waals surface area contributed by atoms with Crippen LogP contribution in [0, 0.1) is 10.1 Å². The molecule has 0 bridgehead atoms. The van der Waals surface area contributed by atoms with E-state index in [0.717, 1.165) is 5.56 Å². The van der Waals surface area contributed by atoms with Gasteiger partial charge in [-0.2, -0.15) is 0 Å². The van der Waals surface area contributed by atoms with Crippen molar-refractivity contribution in [1.82, 2.24) is 5.32 Å². The van der Waals surface area contributed by atoms with Gasteiger partial charge in [0, 0.05) is 19.0 Å². The molecule has 0 aliphatic heterocycles. The Balaban J connectivity index is 2.42. The number of nitrogens with zero attached hydrogens (tertiary/aromatic N) is 1. The first-order valence-corrected chi connectivity index (χ1v) is 10.9. The Morgan fingerprint density at radius 3 is 2.44 bits per heavy atom. The molecule has 0 saturated heterocycles. The molecule has 0 saturated carbocycles. The summed E-state index contributed by atoms with van der Waals surface area (Å²) in [6.07, 6.45) is -0.0668. The molecule has 1 rings (SSSR count). The molecule has 182 valence electrons. The summed E-state index contributed by atoms with van der Waals surface area (Å²) in [5, 5.41) is 12.5. The minimum absolute atomic E-state index is 0.0307. The lowest BCUT2D eigenvalue weighted by atomic mass is 10.2. The first-order valence-electron chi connectivity index (χ1n) is 10.9. The van der Waals surface area contributed by atoms with Crippen LogP contribution in [0.5, 0.6) is 5.75 Å². The topological polar surface area (TPSA) is 118 Å². The van der Waals surface area contributed by atoms with Crippen molar-refractivity contribution in [2.45, 2.75) is 65.4 Å². The zero-order valence-electron chi connectivity index (χ0n) is 19.4. The van der Waals surface area contributed by atoms with Crippen LogP contribution in [0.2, 0.25) is 0 Å². The molecule has 0 heterocycles. The Hall–Kier alpha value is -2.43. The van der Waals surface area contributed by atoms with E-state index < -0.39 is 17.2 Å². The fourth-order valence-electron chi connectivity index (χ4n) is 2.51. The Bertz CT molecular complexity index is 652. The summed E-state index contributed by atoms with van der Waals surface area (Å²) in [7, 11) is 0. The molecule has 1 aromatic rings. The highest BCUT2D eigenvalue weighted by Gasteiger charge is 2.16. The van der Waals surface area contributed by atoms with E-state index in [1.165, 1.54) is 0 Å². The molecule has 10 heteroatoms. The van der Waals surface area contributed by atoms with Crippen molar-refractivity contribution in [2.24, 2.45) is 0 Å². The number of benzene rings is 1. The van der Waals surface area contributed by atoms with E-state index in [1.54, 1.807) is 0 Å². The molecule has 1 aromatic carbocycles. The average Bonchev–Trinajstić information content (AvgIpc) is 2.73. The van der Waals surface area contributed by atoms with Gasteiger partial charge < -0.3 is 29.1 Å². The van der Waals surface area contributed by atoms with Gasteiger partial charge in [-0.05, 0) is 38.0 Å². The first kappa shape index (κ1) is 27.6. The normalized spacial score (nSPS) is 12.1. The lowest BCUT2D eigenvalue weighted by Crippen LogP contribution is -2.38. The lowest BCUT2D eigenvalue weighted by Gasteiger charge is -2.20. The van der Waals surface area contributed by atoms with E-state index in [4.69, 9.17) is 18.9 Å².